The third-order valence-corrected chi connectivity index (χ3v) is 3.07. The summed E-state index contributed by atoms with van der Waals surface area (Å²) in [6, 6.07) is 6.99. The van der Waals surface area contributed by atoms with Gasteiger partial charge in [-0.25, -0.2) is 4.98 Å². The normalized spacial score (nSPS) is 10.4. The molecule has 0 bridgehead atoms. The van der Waals surface area contributed by atoms with Crippen LogP contribution in [-0.2, 0) is 4.74 Å². The number of carbonyl (C=O) groups excluding carboxylic acids is 1. The van der Waals surface area contributed by atoms with Gasteiger partial charge in [0, 0.05) is 19.5 Å². The number of rotatable bonds is 5. The lowest BCUT2D eigenvalue weighted by atomic mass is 10.2. The zero-order chi connectivity index (χ0) is 15.2. The summed E-state index contributed by atoms with van der Waals surface area (Å²) in [6.45, 7) is 2.69. The van der Waals surface area contributed by atoms with E-state index < -0.39 is 0 Å². The van der Waals surface area contributed by atoms with Crippen LogP contribution in [0.2, 0.25) is 5.15 Å². The van der Waals surface area contributed by atoms with Gasteiger partial charge < -0.3 is 4.74 Å². The summed E-state index contributed by atoms with van der Waals surface area (Å²) in [4.78, 5) is 22.4. The first-order chi connectivity index (χ1) is 10.1. The number of carbonyl (C=O) groups is 1. The summed E-state index contributed by atoms with van der Waals surface area (Å²) >= 11 is 5.99. The minimum atomic E-state index is -0.186. The molecule has 1 amide bonds. The Kier molecular flexibility index (Phi) is 5.25. The number of anilines is 1. The minimum Gasteiger partial charge on any atom is -0.383 e. The van der Waals surface area contributed by atoms with Crippen LogP contribution in [0.1, 0.15) is 15.9 Å². The second-order valence-corrected chi connectivity index (χ2v) is 4.90. The maximum Gasteiger partial charge on any atom is 0.261 e. The number of methoxy groups -OCH3 is 1. The van der Waals surface area contributed by atoms with Crippen LogP contribution in [0.15, 0.2) is 36.7 Å². The lowest BCUT2D eigenvalue weighted by molar-refractivity contribution is 0.0974. The Morgan fingerprint density at radius 2 is 2.24 bits per heavy atom. The van der Waals surface area contributed by atoms with E-state index in [1.165, 1.54) is 6.20 Å². The Morgan fingerprint density at radius 1 is 1.43 bits per heavy atom. The van der Waals surface area contributed by atoms with Gasteiger partial charge in [0.25, 0.3) is 5.91 Å². The fourth-order valence-corrected chi connectivity index (χ4v) is 2.15. The summed E-state index contributed by atoms with van der Waals surface area (Å²) in [5.74, 6) is 0.320. The van der Waals surface area contributed by atoms with Crippen LogP contribution in [0.4, 0.5) is 5.82 Å². The Bertz CT molecular complexity index is 599. The van der Waals surface area contributed by atoms with Gasteiger partial charge in [0.2, 0.25) is 0 Å². The molecule has 0 aromatic carbocycles. The van der Waals surface area contributed by atoms with E-state index in [4.69, 9.17) is 16.3 Å². The Labute approximate surface area is 128 Å². The summed E-state index contributed by atoms with van der Waals surface area (Å²) in [7, 11) is 1.59. The van der Waals surface area contributed by atoms with E-state index in [2.05, 4.69) is 9.97 Å². The van der Waals surface area contributed by atoms with Crippen LogP contribution < -0.4 is 4.90 Å². The zero-order valence-corrected chi connectivity index (χ0v) is 12.7. The number of aromatic nitrogens is 2. The maximum absolute atomic E-state index is 12.6. The van der Waals surface area contributed by atoms with Gasteiger partial charge in [-0.15, -0.1) is 0 Å². The predicted molar refractivity (Wildman–Crippen MR) is 81.8 cm³/mol. The molecule has 0 N–H and O–H groups in total. The van der Waals surface area contributed by atoms with Crippen molar-refractivity contribution < 1.29 is 9.53 Å². The third kappa shape index (κ3) is 4.00. The zero-order valence-electron chi connectivity index (χ0n) is 11.9. The standard InChI is InChI=1S/C15H16ClN3O2/c1-11-8-13(16)18-14(9-11)19(6-7-21-2)15(20)12-4-3-5-17-10-12/h3-5,8-10H,6-7H2,1-2H3. The molecule has 0 radical (unpaired) electrons. The molecule has 6 heteroatoms. The van der Waals surface area contributed by atoms with Crippen molar-refractivity contribution in [2.45, 2.75) is 6.92 Å². The maximum atomic E-state index is 12.6. The number of nitrogens with zero attached hydrogens (tertiary/aromatic N) is 3. The Morgan fingerprint density at radius 3 is 2.86 bits per heavy atom. The highest BCUT2D eigenvalue weighted by Gasteiger charge is 2.19. The predicted octanol–water partition coefficient (Wildman–Crippen LogP) is 2.73. The first kappa shape index (κ1) is 15.4. The van der Waals surface area contributed by atoms with Crippen molar-refractivity contribution in [3.63, 3.8) is 0 Å². The van der Waals surface area contributed by atoms with Crippen molar-refractivity contribution >= 4 is 23.3 Å². The average Bonchev–Trinajstić information content (AvgIpc) is 2.47. The van der Waals surface area contributed by atoms with E-state index in [9.17, 15) is 4.79 Å². The van der Waals surface area contributed by atoms with Gasteiger partial charge in [-0.1, -0.05) is 11.6 Å². The molecule has 0 aliphatic heterocycles. The van der Waals surface area contributed by atoms with E-state index in [1.807, 2.05) is 13.0 Å². The van der Waals surface area contributed by atoms with Crippen molar-refractivity contribution in [3.05, 3.63) is 52.9 Å². The first-order valence-corrected chi connectivity index (χ1v) is 6.84. The molecule has 21 heavy (non-hydrogen) atoms. The van der Waals surface area contributed by atoms with Crippen molar-refractivity contribution in [3.8, 4) is 0 Å². The molecule has 0 saturated carbocycles. The lowest BCUT2D eigenvalue weighted by Gasteiger charge is -2.22. The minimum absolute atomic E-state index is 0.186. The molecule has 0 fully saturated rings. The summed E-state index contributed by atoms with van der Waals surface area (Å²) in [6.07, 6.45) is 3.15. The fraction of sp³-hybridized carbons (Fsp3) is 0.267. The van der Waals surface area contributed by atoms with Gasteiger partial charge in [0.15, 0.2) is 0 Å². The lowest BCUT2D eigenvalue weighted by Crippen LogP contribution is -2.34. The van der Waals surface area contributed by atoms with E-state index in [0.29, 0.717) is 29.7 Å². The van der Waals surface area contributed by atoms with Crippen molar-refractivity contribution in [1.82, 2.24) is 9.97 Å². The smallest absolute Gasteiger partial charge is 0.261 e. The highest BCUT2D eigenvalue weighted by atomic mass is 35.5. The van der Waals surface area contributed by atoms with Crippen LogP contribution in [0, 0.1) is 6.92 Å². The molecular formula is C15H16ClN3O2. The number of amides is 1. The van der Waals surface area contributed by atoms with Crippen molar-refractivity contribution in [2.24, 2.45) is 0 Å². The third-order valence-electron chi connectivity index (χ3n) is 2.87. The van der Waals surface area contributed by atoms with Gasteiger partial charge in [0.05, 0.1) is 18.7 Å². The molecule has 0 unspecified atom stereocenters. The van der Waals surface area contributed by atoms with Crippen LogP contribution in [-0.4, -0.2) is 36.1 Å². The van der Waals surface area contributed by atoms with Crippen molar-refractivity contribution in [1.29, 1.82) is 0 Å². The molecule has 2 rings (SSSR count). The Hall–Kier alpha value is -1.98. The summed E-state index contributed by atoms with van der Waals surface area (Å²) in [5.41, 5.74) is 1.43. The van der Waals surface area contributed by atoms with E-state index in [1.54, 1.807) is 36.4 Å². The van der Waals surface area contributed by atoms with Gasteiger partial charge in [0.1, 0.15) is 11.0 Å². The molecule has 2 aromatic heterocycles. The number of ether oxygens (including phenoxy) is 1. The Balaban J connectivity index is 2.36. The van der Waals surface area contributed by atoms with Gasteiger partial charge in [-0.2, -0.15) is 0 Å². The number of halogens is 1. The monoisotopic (exact) mass is 305 g/mol. The molecule has 2 heterocycles. The van der Waals surface area contributed by atoms with E-state index in [-0.39, 0.29) is 5.91 Å². The molecule has 0 spiro atoms. The van der Waals surface area contributed by atoms with Crippen LogP contribution in [0.5, 0.6) is 0 Å². The SMILES string of the molecule is COCCN(C(=O)c1cccnc1)c1cc(C)cc(Cl)n1. The van der Waals surface area contributed by atoms with E-state index in [0.717, 1.165) is 5.56 Å². The van der Waals surface area contributed by atoms with Gasteiger partial charge >= 0.3 is 0 Å². The highest BCUT2D eigenvalue weighted by Crippen LogP contribution is 2.19. The number of aryl methyl sites for hydroxylation is 1. The topological polar surface area (TPSA) is 55.3 Å². The second-order valence-electron chi connectivity index (χ2n) is 4.52. The average molecular weight is 306 g/mol. The first-order valence-electron chi connectivity index (χ1n) is 6.47. The molecule has 5 nitrogen and oxygen atoms in total. The highest BCUT2D eigenvalue weighted by molar-refractivity contribution is 6.29. The van der Waals surface area contributed by atoms with Crippen LogP contribution >= 0.6 is 11.6 Å². The molecule has 110 valence electrons. The molecular weight excluding hydrogens is 290 g/mol. The molecule has 0 atom stereocenters. The molecule has 0 aliphatic carbocycles. The molecule has 0 aliphatic rings. The van der Waals surface area contributed by atoms with Gasteiger partial charge in [-0.05, 0) is 36.8 Å². The van der Waals surface area contributed by atoms with Crippen LogP contribution in [0.3, 0.4) is 0 Å². The number of pyridine rings is 2. The quantitative estimate of drug-likeness (QED) is 0.797. The summed E-state index contributed by atoms with van der Waals surface area (Å²) in [5, 5.41) is 0.353. The largest absolute Gasteiger partial charge is 0.383 e. The van der Waals surface area contributed by atoms with Crippen molar-refractivity contribution in [2.75, 3.05) is 25.2 Å². The van der Waals surface area contributed by atoms with E-state index >= 15 is 0 Å². The van der Waals surface area contributed by atoms with Gasteiger partial charge in [-0.3, -0.25) is 14.7 Å². The second kappa shape index (κ2) is 7.15. The molecule has 0 saturated heterocycles. The number of hydrogen-bond donors (Lipinski definition) is 0. The number of hydrogen-bond acceptors (Lipinski definition) is 4. The van der Waals surface area contributed by atoms with Crippen LogP contribution in [0.25, 0.3) is 0 Å². The summed E-state index contributed by atoms with van der Waals surface area (Å²) < 4.78 is 5.07. The molecule has 2 aromatic rings. The fourth-order valence-electron chi connectivity index (χ4n) is 1.89.